The number of ether oxygens (including phenoxy) is 1. The zero-order chi connectivity index (χ0) is 16.0. The van der Waals surface area contributed by atoms with E-state index in [0.29, 0.717) is 5.75 Å². The van der Waals surface area contributed by atoms with Crippen molar-refractivity contribution in [1.29, 1.82) is 0 Å². The predicted octanol–water partition coefficient (Wildman–Crippen LogP) is 2.30. The van der Waals surface area contributed by atoms with Crippen LogP contribution in [0.25, 0.3) is 0 Å². The van der Waals surface area contributed by atoms with Crippen molar-refractivity contribution in [2.75, 3.05) is 6.54 Å². The lowest BCUT2D eigenvalue weighted by atomic mass is 10.2. The van der Waals surface area contributed by atoms with Gasteiger partial charge in [0.1, 0.15) is 11.6 Å². The second kappa shape index (κ2) is 7.61. The minimum absolute atomic E-state index is 0.118. The molecule has 0 aliphatic rings. The van der Waals surface area contributed by atoms with Gasteiger partial charge in [0, 0.05) is 12.6 Å². The highest BCUT2D eigenvalue weighted by atomic mass is 19.1. The molecule has 1 atom stereocenters. The Labute approximate surface area is 123 Å². The van der Waals surface area contributed by atoms with Crippen LogP contribution in [0, 0.1) is 5.82 Å². The van der Waals surface area contributed by atoms with Crippen molar-refractivity contribution in [3.63, 3.8) is 0 Å². The van der Waals surface area contributed by atoms with E-state index in [2.05, 4.69) is 0 Å². The summed E-state index contributed by atoms with van der Waals surface area (Å²) in [5.74, 6) is -1.25. The van der Waals surface area contributed by atoms with Crippen LogP contribution in [-0.4, -0.2) is 40.6 Å². The second-order valence-corrected chi connectivity index (χ2v) is 4.98. The van der Waals surface area contributed by atoms with E-state index in [0.717, 1.165) is 0 Å². The summed E-state index contributed by atoms with van der Waals surface area (Å²) in [5.41, 5.74) is 0. The maximum absolute atomic E-state index is 12.8. The zero-order valence-electron chi connectivity index (χ0n) is 12.4. The number of aliphatic carboxylic acids is 1. The van der Waals surface area contributed by atoms with Gasteiger partial charge in [-0.3, -0.25) is 9.59 Å². The molecule has 1 rings (SSSR count). The molecule has 0 radical (unpaired) electrons. The van der Waals surface area contributed by atoms with Crippen LogP contribution in [0.1, 0.15) is 27.2 Å². The molecule has 1 N–H and O–H groups in total. The van der Waals surface area contributed by atoms with E-state index in [1.807, 2.05) is 13.8 Å². The average molecular weight is 297 g/mol. The molecule has 0 saturated heterocycles. The molecule has 0 heterocycles. The summed E-state index contributed by atoms with van der Waals surface area (Å²) in [7, 11) is 0. The lowest BCUT2D eigenvalue weighted by molar-refractivity contribution is -0.142. The molecule has 0 fully saturated rings. The molecule has 0 saturated carbocycles. The van der Waals surface area contributed by atoms with Gasteiger partial charge in [-0.25, -0.2) is 4.39 Å². The highest BCUT2D eigenvalue weighted by Crippen LogP contribution is 2.15. The van der Waals surface area contributed by atoms with Crippen molar-refractivity contribution in [3.8, 4) is 5.75 Å². The predicted molar refractivity (Wildman–Crippen MR) is 75.6 cm³/mol. The fraction of sp³-hybridized carbons (Fsp3) is 0.467. The Bertz CT molecular complexity index is 487. The first-order valence-corrected chi connectivity index (χ1v) is 6.75. The van der Waals surface area contributed by atoms with Crippen LogP contribution in [0.3, 0.4) is 0 Å². The highest BCUT2D eigenvalue weighted by molar-refractivity contribution is 5.81. The smallest absolute Gasteiger partial charge is 0.305 e. The van der Waals surface area contributed by atoms with Crippen LogP contribution >= 0.6 is 0 Å². The summed E-state index contributed by atoms with van der Waals surface area (Å²) in [4.78, 5) is 24.4. The summed E-state index contributed by atoms with van der Waals surface area (Å²) >= 11 is 0. The van der Waals surface area contributed by atoms with E-state index in [1.54, 1.807) is 6.92 Å². The van der Waals surface area contributed by atoms with Gasteiger partial charge in [0.25, 0.3) is 5.91 Å². The van der Waals surface area contributed by atoms with Crippen LogP contribution in [0.2, 0.25) is 0 Å². The molecule has 1 unspecified atom stereocenters. The Morgan fingerprint density at radius 1 is 1.24 bits per heavy atom. The molecule has 0 aromatic heterocycles. The Morgan fingerprint density at radius 3 is 2.29 bits per heavy atom. The fourth-order valence-corrected chi connectivity index (χ4v) is 1.84. The summed E-state index contributed by atoms with van der Waals surface area (Å²) in [6.07, 6.45) is -0.889. The van der Waals surface area contributed by atoms with Crippen LogP contribution in [-0.2, 0) is 9.59 Å². The summed E-state index contributed by atoms with van der Waals surface area (Å²) in [5, 5.41) is 8.72. The van der Waals surface area contributed by atoms with Gasteiger partial charge in [-0.2, -0.15) is 0 Å². The number of carboxylic acid groups (broad SMARTS) is 1. The molecule has 6 heteroatoms. The van der Waals surface area contributed by atoms with E-state index in [1.165, 1.54) is 29.2 Å². The van der Waals surface area contributed by atoms with Crippen LogP contribution in [0.5, 0.6) is 5.75 Å². The van der Waals surface area contributed by atoms with Gasteiger partial charge in [-0.1, -0.05) is 0 Å². The number of benzene rings is 1. The number of carbonyl (C=O) groups excluding carboxylic acids is 1. The van der Waals surface area contributed by atoms with Crippen LogP contribution in [0.15, 0.2) is 24.3 Å². The van der Waals surface area contributed by atoms with E-state index >= 15 is 0 Å². The van der Waals surface area contributed by atoms with Gasteiger partial charge in [0.05, 0.1) is 6.42 Å². The van der Waals surface area contributed by atoms with E-state index in [9.17, 15) is 14.0 Å². The van der Waals surface area contributed by atoms with E-state index < -0.39 is 12.1 Å². The molecule has 21 heavy (non-hydrogen) atoms. The first kappa shape index (κ1) is 16.9. The monoisotopic (exact) mass is 297 g/mol. The fourth-order valence-electron chi connectivity index (χ4n) is 1.84. The molecule has 0 aliphatic heterocycles. The average Bonchev–Trinajstić information content (AvgIpc) is 2.40. The van der Waals surface area contributed by atoms with Crippen molar-refractivity contribution in [3.05, 3.63) is 30.1 Å². The molecule has 1 aromatic rings. The molecule has 0 aliphatic carbocycles. The Balaban J connectivity index is 2.68. The molecular formula is C15H20FNO4. The van der Waals surface area contributed by atoms with Crippen LogP contribution < -0.4 is 4.74 Å². The minimum Gasteiger partial charge on any atom is -0.481 e. The molecule has 0 bridgehead atoms. The molecule has 1 amide bonds. The number of halogens is 1. The van der Waals surface area contributed by atoms with Crippen molar-refractivity contribution in [2.45, 2.75) is 39.3 Å². The number of carbonyl (C=O) groups is 2. The Hall–Kier alpha value is -2.11. The summed E-state index contributed by atoms with van der Waals surface area (Å²) in [6, 6.07) is 5.25. The number of nitrogens with zero attached hydrogens (tertiary/aromatic N) is 1. The van der Waals surface area contributed by atoms with Crippen molar-refractivity contribution >= 4 is 11.9 Å². The van der Waals surface area contributed by atoms with Crippen molar-refractivity contribution in [2.24, 2.45) is 0 Å². The Kier molecular flexibility index (Phi) is 6.14. The summed E-state index contributed by atoms with van der Waals surface area (Å²) < 4.78 is 18.3. The second-order valence-electron chi connectivity index (χ2n) is 4.98. The normalized spacial score (nSPS) is 12.0. The molecule has 116 valence electrons. The maximum Gasteiger partial charge on any atom is 0.305 e. The largest absolute Gasteiger partial charge is 0.481 e. The van der Waals surface area contributed by atoms with Gasteiger partial charge in [0.2, 0.25) is 0 Å². The lowest BCUT2D eigenvalue weighted by Gasteiger charge is -2.29. The third-order valence-electron chi connectivity index (χ3n) is 2.95. The van der Waals surface area contributed by atoms with E-state index in [4.69, 9.17) is 9.84 Å². The first-order chi connectivity index (χ1) is 9.81. The summed E-state index contributed by atoms with van der Waals surface area (Å²) in [6.45, 7) is 5.33. The lowest BCUT2D eigenvalue weighted by Crippen LogP contribution is -2.45. The number of amides is 1. The number of hydrogen-bond donors (Lipinski definition) is 1. The van der Waals surface area contributed by atoms with Crippen molar-refractivity contribution < 1.29 is 23.8 Å². The maximum atomic E-state index is 12.8. The quantitative estimate of drug-likeness (QED) is 0.838. The van der Waals surface area contributed by atoms with Gasteiger partial charge >= 0.3 is 5.97 Å². The zero-order valence-corrected chi connectivity index (χ0v) is 12.4. The number of hydrogen-bond acceptors (Lipinski definition) is 3. The van der Waals surface area contributed by atoms with E-state index in [-0.39, 0.29) is 30.7 Å². The van der Waals surface area contributed by atoms with Crippen molar-refractivity contribution in [1.82, 2.24) is 4.90 Å². The Morgan fingerprint density at radius 2 is 1.81 bits per heavy atom. The standard InChI is InChI=1S/C15H20FNO4/c1-10(2)17(9-8-14(18)19)15(20)11(3)21-13-6-4-12(16)5-7-13/h4-7,10-11H,8-9H2,1-3H3,(H,18,19). The number of rotatable bonds is 7. The van der Waals surface area contributed by atoms with Gasteiger partial charge in [0.15, 0.2) is 6.10 Å². The van der Waals surface area contributed by atoms with Gasteiger partial charge in [-0.05, 0) is 45.0 Å². The highest BCUT2D eigenvalue weighted by Gasteiger charge is 2.24. The molecule has 0 spiro atoms. The third kappa shape index (κ3) is 5.41. The molecular weight excluding hydrogens is 277 g/mol. The van der Waals surface area contributed by atoms with Gasteiger partial charge < -0.3 is 14.7 Å². The topological polar surface area (TPSA) is 66.8 Å². The minimum atomic E-state index is -0.958. The van der Waals surface area contributed by atoms with Gasteiger partial charge in [-0.15, -0.1) is 0 Å². The third-order valence-corrected chi connectivity index (χ3v) is 2.95. The molecule has 5 nitrogen and oxygen atoms in total. The molecule has 1 aromatic carbocycles. The SMILES string of the molecule is CC(Oc1ccc(F)cc1)C(=O)N(CCC(=O)O)C(C)C. The van der Waals surface area contributed by atoms with Crippen LogP contribution in [0.4, 0.5) is 4.39 Å². The number of carboxylic acids is 1. The first-order valence-electron chi connectivity index (χ1n) is 6.75.